The minimum absolute atomic E-state index is 0.0919. The third-order valence-electron chi connectivity index (χ3n) is 4.23. The summed E-state index contributed by atoms with van der Waals surface area (Å²) < 4.78 is 7.80. The van der Waals surface area contributed by atoms with Crippen LogP contribution in [0.1, 0.15) is 26.5 Å². The van der Waals surface area contributed by atoms with Gasteiger partial charge in [-0.1, -0.05) is 12.1 Å². The molecule has 5 nitrogen and oxygen atoms in total. The first-order chi connectivity index (χ1) is 13.2. The van der Waals surface area contributed by atoms with Crippen LogP contribution in [-0.4, -0.2) is 15.3 Å². The number of imidazole rings is 1. The van der Waals surface area contributed by atoms with Gasteiger partial charge in [-0.05, 0) is 54.3 Å². The molecule has 136 valence electrons. The van der Waals surface area contributed by atoms with E-state index in [1.165, 1.54) is 0 Å². The third kappa shape index (κ3) is 4.01. The number of carbonyl (C=O) groups excluding carboxylic acids is 1. The Morgan fingerprint density at radius 3 is 2.78 bits per heavy atom. The first-order valence-electron chi connectivity index (χ1n) is 8.66. The van der Waals surface area contributed by atoms with E-state index in [-0.39, 0.29) is 5.91 Å². The van der Waals surface area contributed by atoms with Gasteiger partial charge in [-0.2, -0.15) is 0 Å². The number of amides is 1. The van der Waals surface area contributed by atoms with Crippen molar-refractivity contribution in [3.05, 3.63) is 88.0 Å². The van der Waals surface area contributed by atoms with Crippen molar-refractivity contribution in [3.8, 4) is 5.75 Å². The monoisotopic (exact) mass is 377 g/mol. The number of aromatic nitrogens is 2. The molecule has 0 aliphatic carbocycles. The zero-order valence-electron chi connectivity index (χ0n) is 14.9. The zero-order valence-corrected chi connectivity index (χ0v) is 15.7. The predicted molar refractivity (Wildman–Crippen MR) is 106 cm³/mol. The molecule has 3 heterocycles. The molecule has 0 saturated heterocycles. The van der Waals surface area contributed by atoms with E-state index in [9.17, 15) is 4.79 Å². The molecule has 1 N–H and O–H groups in total. The Morgan fingerprint density at radius 2 is 2.04 bits per heavy atom. The third-order valence-corrected chi connectivity index (χ3v) is 5.11. The molecule has 0 atom stereocenters. The molecule has 1 amide bonds. The summed E-state index contributed by atoms with van der Waals surface area (Å²) in [6.45, 7) is 2.96. The predicted octanol–water partition coefficient (Wildman–Crippen LogP) is 4.21. The minimum Gasteiger partial charge on any atom is -0.487 e. The number of nitrogens with zero attached hydrogens (tertiary/aromatic N) is 2. The Hall–Kier alpha value is -3.12. The van der Waals surface area contributed by atoms with Crippen LogP contribution in [0.5, 0.6) is 5.75 Å². The maximum absolute atomic E-state index is 12.2. The van der Waals surface area contributed by atoms with Gasteiger partial charge in [0.05, 0.1) is 12.2 Å². The number of hydrogen-bond acceptors (Lipinski definition) is 4. The Labute approximate surface area is 161 Å². The highest BCUT2D eigenvalue weighted by Crippen LogP contribution is 2.16. The van der Waals surface area contributed by atoms with Crippen molar-refractivity contribution in [2.45, 2.75) is 20.1 Å². The molecule has 0 aliphatic rings. The van der Waals surface area contributed by atoms with Crippen molar-refractivity contribution >= 4 is 22.9 Å². The largest absolute Gasteiger partial charge is 0.487 e. The van der Waals surface area contributed by atoms with E-state index in [1.54, 1.807) is 35.6 Å². The summed E-state index contributed by atoms with van der Waals surface area (Å²) in [5.74, 6) is 0.615. The minimum atomic E-state index is -0.0919. The lowest BCUT2D eigenvalue weighted by Gasteiger charge is -2.06. The summed E-state index contributed by atoms with van der Waals surface area (Å²) in [6, 6.07) is 15.2. The second-order valence-corrected chi connectivity index (χ2v) is 7.26. The molecule has 0 saturated carbocycles. The first kappa shape index (κ1) is 17.3. The number of hydrogen-bond donors (Lipinski definition) is 1. The fourth-order valence-electron chi connectivity index (χ4n) is 2.82. The summed E-state index contributed by atoms with van der Waals surface area (Å²) in [7, 11) is 0. The van der Waals surface area contributed by atoms with Gasteiger partial charge in [-0.3, -0.25) is 4.79 Å². The molecule has 4 rings (SSSR count). The van der Waals surface area contributed by atoms with Crippen LogP contribution in [0.4, 0.5) is 0 Å². The number of nitrogens with one attached hydrogen (secondary N) is 1. The lowest BCUT2D eigenvalue weighted by atomic mass is 10.2. The summed E-state index contributed by atoms with van der Waals surface area (Å²) in [4.78, 5) is 17.9. The second-order valence-electron chi connectivity index (χ2n) is 6.23. The van der Waals surface area contributed by atoms with Crippen LogP contribution < -0.4 is 10.1 Å². The van der Waals surface area contributed by atoms with Crippen LogP contribution in [0.2, 0.25) is 0 Å². The normalized spacial score (nSPS) is 10.9. The highest BCUT2D eigenvalue weighted by atomic mass is 32.1. The average molecular weight is 377 g/mol. The van der Waals surface area contributed by atoms with Gasteiger partial charge >= 0.3 is 0 Å². The Morgan fingerprint density at radius 1 is 1.19 bits per heavy atom. The molecular formula is C21H19N3O2S. The summed E-state index contributed by atoms with van der Waals surface area (Å²) in [5, 5.41) is 4.91. The lowest BCUT2D eigenvalue weighted by molar-refractivity contribution is 0.0951. The topological polar surface area (TPSA) is 55.6 Å². The van der Waals surface area contributed by atoms with E-state index in [2.05, 4.69) is 10.3 Å². The average Bonchev–Trinajstić information content (AvgIpc) is 3.35. The maximum Gasteiger partial charge on any atom is 0.251 e. The van der Waals surface area contributed by atoms with Gasteiger partial charge in [0.25, 0.3) is 5.91 Å². The van der Waals surface area contributed by atoms with Crippen LogP contribution in [0.25, 0.3) is 5.65 Å². The van der Waals surface area contributed by atoms with E-state index in [4.69, 9.17) is 4.74 Å². The van der Waals surface area contributed by atoms with Gasteiger partial charge in [0.1, 0.15) is 18.0 Å². The van der Waals surface area contributed by atoms with Gasteiger partial charge in [0, 0.05) is 22.8 Å². The molecule has 0 radical (unpaired) electrons. The fourth-order valence-corrected chi connectivity index (χ4v) is 3.46. The molecule has 4 aromatic rings. The van der Waals surface area contributed by atoms with E-state index in [0.29, 0.717) is 24.5 Å². The van der Waals surface area contributed by atoms with E-state index in [0.717, 1.165) is 21.8 Å². The Balaban J connectivity index is 1.35. The Bertz CT molecular complexity index is 1050. The quantitative estimate of drug-likeness (QED) is 0.547. The molecule has 0 unspecified atom stereocenters. The van der Waals surface area contributed by atoms with Crippen LogP contribution in [0, 0.1) is 6.92 Å². The van der Waals surface area contributed by atoms with Gasteiger partial charge < -0.3 is 14.5 Å². The maximum atomic E-state index is 12.2. The van der Waals surface area contributed by atoms with Crippen LogP contribution in [-0.2, 0) is 13.2 Å². The standard InChI is InChI=1S/C21H19N3O2S/c1-15-4-2-10-24-13-17(23-20(15)24)14-26-18-8-6-16(7-9-18)21(25)22-12-19-5-3-11-27-19/h2-11,13H,12,14H2,1H3,(H,22,25). The molecule has 27 heavy (non-hydrogen) atoms. The number of aryl methyl sites for hydroxylation is 1. The van der Waals surface area contributed by atoms with Crippen molar-refractivity contribution in [1.82, 2.24) is 14.7 Å². The van der Waals surface area contributed by atoms with Crippen LogP contribution in [0.3, 0.4) is 0 Å². The molecule has 3 aromatic heterocycles. The van der Waals surface area contributed by atoms with Gasteiger partial charge in [-0.15, -0.1) is 11.3 Å². The van der Waals surface area contributed by atoms with Crippen molar-refractivity contribution in [2.24, 2.45) is 0 Å². The van der Waals surface area contributed by atoms with E-state index >= 15 is 0 Å². The number of pyridine rings is 1. The molecule has 0 spiro atoms. The molecule has 1 aromatic carbocycles. The summed E-state index contributed by atoms with van der Waals surface area (Å²) in [5.41, 5.74) is 3.54. The Kier molecular flexibility index (Phi) is 4.89. The van der Waals surface area contributed by atoms with Crippen molar-refractivity contribution in [1.29, 1.82) is 0 Å². The van der Waals surface area contributed by atoms with Crippen molar-refractivity contribution < 1.29 is 9.53 Å². The van der Waals surface area contributed by atoms with Gasteiger partial charge in [0.15, 0.2) is 0 Å². The molecule has 0 bridgehead atoms. The van der Waals surface area contributed by atoms with Crippen molar-refractivity contribution in [3.63, 3.8) is 0 Å². The van der Waals surface area contributed by atoms with E-state index in [1.807, 2.05) is 53.4 Å². The summed E-state index contributed by atoms with van der Waals surface area (Å²) in [6.07, 6.45) is 3.94. The smallest absolute Gasteiger partial charge is 0.251 e. The highest BCUT2D eigenvalue weighted by Gasteiger charge is 2.07. The summed E-state index contributed by atoms with van der Waals surface area (Å²) >= 11 is 1.63. The van der Waals surface area contributed by atoms with Gasteiger partial charge in [0.2, 0.25) is 0 Å². The molecule has 6 heteroatoms. The molecular weight excluding hydrogens is 358 g/mol. The number of ether oxygens (including phenoxy) is 1. The van der Waals surface area contributed by atoms with E-state index < -0.39 is 0 Å². The highest BCUT2D eigenvalue weighted by molar-refractivity contribution is 7.09. The lowest BCUT2D eigenvalue weighted by Crippen LogP contribution is -2.22. The second kappa shape index (κ2) is 7.63. The zero-order chi connectivity index (χ0) is 18.6. The number of fused-ring (bicyclic) bond motifs is 1. The van der Waals surface area contributed by atoms with Gasteiger partial charge in [-0.25, -0.2) is 4.98 Å². The SMILES string of the molecule is Cc1cccn2cc(COc3ccc(C(=O)NCc4cccs4)cc3)nc12. The first-order valence-corrected chi connectivity index (χ1v) is 9.54. The fraction of sp³-hybridized carbons (Fsp3) is 0.143. The number of carbonyl (C=O) groups is 1. The number of benzene rings is 1. The van der Waals surface area contributed by atoms with Crippen LogP contribution in [0.15, 0.2) is 66.3 Å². The molecule has 0 aliphatic heterocycles. The van der Waals surface area contributed by atoms with Crippen LogP contribution >= 0.6 is 11.3 Å². The number of thiophene rings is 1. The van der Waals surface area contributed by atoms with Crippen molar-refractivity contribution in [2.75, 3.05) is 0 Å². The molecule has 0 fully saturated rings. The number of rotatable bonds is 6.